The van der Waals surface area contributed by atoms with E-state index in [1.54, 1.807) is 0 Å². The molecule has 0 bridgehead atoms. The molecule has 96 valence electrons. The molecule has 2 rings (SSSR count). The van der Waals surface area contributed by atoms with Crippen LogP contribution in [0.1, 0.15) is 12.2 Å². The van der Waals surface area contributed by atoms with Crippen molar-refractivity contribution < 1.29 is 4.52 Å². The van der Waals surface area contributed by atoms with Crippen LogP contribution in [0.15, 0.2) is 28.8 Å². The summed E-state index contributed by atoms with van der Waals surface area (Å²) in [6, 6.07) is 8.02. The van der Waals surface area contributed by atoms with Crippen molar-refractivity contribution in [1.82, 2.24) is 10.1 Å². The van der Waals surface area contributed by atoms with E-state index >= 15 is 0 Å². The number of benzene rings is 1. The maximum Gasteiger partial charge on any atom is 0.257 e. The van der Waals surface area contributed by atoms with Gasteiger partial charge in [0.25, 0.3) is 5.89 Å². The quantitative estimate of drug-likeness (QED) is 0.869. The first-order chi connectivity index (χ1) is 8.70. The zero-order valence-electron chi connectivity index (χ0n) is 10.8. The van der Waals surface area contributed by atoms with Gasteiger partial charge in [0.2, 0.25) is 0 Å². The number of nitrogens with zero attached hydrogens (tertiary/aromatic N) is 3. The van der Waals surface area contributed by atoms with Gasteiger partial charge in [-0.05, 0) is 37.2 Å². The monoisotopic (exact) mass is 246 g/mol. The van der Waals surface area contributed by atoms with E-state index in [0.29, 0.717) is 18.3 Å². The minimum Gasteiger partial charge on any atom is -0.378 e. The van der Waals surface area contributed by atoms with E-state index in [4.69, 9.17) is 10.3 Å². The van der Waals surface area contributed by atoms with Crippen LogP contribution in [0, 0.1) is 0 Å². The Labute approximate surface area is 107 Å². The number of aromatic nitrogens is 2. The fraction of sp³-hybridized carbons (Fsp3) is 0.385. The molecule has 0 atom stereocenters. The number of rotatable bonds is 5. The summed E-state index contributed by atoms with van der Waals surface area (Å²) in [7, 11) is 4.01. The molecule has 0 fully saturated rings. The molecule has 1 heterocycles. The van der Waals surface area contributed by atoms with Crippen LogP contribution >= 0.6 is 0 Å². The molecular formula is C13H18N4O. The fourth-order valence-corrected chi connectivity index (χ4v) is 1.64. The lowest BCUT2D eigenvalue weighted by Gasteiger charge is -2.11. The van der Waals surface area contributed by atoms with E-state index < -0.39 is 0 Å². The number of hydrogen-bond acceptors (Lipinski definition) is 5. The lowest BCUT2D eigenvalue weighted by molar-refractivity contribution is 0.422. The maximum absolute atomic E-state index is 5.45. The summed E-state index contributed by atoms with van der Waals surface area (Å²) in [5.41, 5.74) is 7.53. The molecule has 0 saturated carbocycles. The average molecular weight is 246 g/mol. The molecule has 0 amide bonds. The minimum atomic E-state index is 0.562. The van der Waals surface area contributed by atoms with Gasteiger partial charge in [0, 0.05) is 31.8 Å². The van der Waals surface area contributed by atoms with Crippen LogP contribution in [-0.4, -0.2) is 30.8 Å². The second-order valence-corrected chi connectivity index (χ2v) is 4.35. The molecule has 0 spiro atoms. The topological polar surface area (TPSA) is 68.2 Å². The van der Waals surface area contributed by atoms with Crippen molar-refractivity contribution in [1.29, 1.82) is 0 Å². The zero-order valence-corrected chi connectivity index (χ0v) is 10.8. The first-order valence-corrected chi connectivity index (χ1v) is 6.01. The Morgan fingerprint density at radius 3 is 2.56 bits per heavy atom. The Kier molecular flexibility index (Phi) is 3.94. The number of aryl methyl sites for hydroxylation is 1. The normalized spacial score (nSPS) is 10.6. The average Bonchev–Trinajstić information content (AvgIpc) is 2.85. The SMILES string of the molecule is CN(C)c1ccc(-c2nc(CCCN)no2)cc1. The van der Waals surface area contributed by atoms with E-state index in [1.807, 2.05) is 43.3 Å². The largest absolute Gasteiger partial charge is 0.378 e. The van der Waals surface area contributed by atoms with Crippen LogP contribution in [0.4, 0.5) is 5.69 Å². The highest BCUT2D eigenvalue weighted by Gasteiger charge is 2.08. The summed E-state index contributed by atoms with van der Waals surface area (Å²) in [4.78, 5) is 6.39. The molecule has 2 aromatic rings. The smallest absolute Gasteiger partial charge is 0.257 e. The first kappa shape index (κ1) is 12.6. The molecule has 0 aliphatic rings. The van der Waals surface area contributed by atoms with Gasteiger partial charge in [0.15, 0.2) is 5.82 Å². The molecule has 18 heavy (non-hydrogen) atoms. The van der Waals surface area contributed by atoms with E-state index in [-0.39, 0.29) is 0 Å². The van der Waals surface area contributed by atoms with Crippen molar-refractivity contribution in [2.75, 3.05) is 25.5 Å². The predicted octanol–water partition coefficient (Wildman–Crippen LogP) is 1.69. The lowest BCUT2D eigenvalue weighted by Crippen LogP contribution is -2.07. The van der Waals surface area contributed by atoms with Gasteiger partial charge in [-0.15, -0.1) is 0 Å². The third kappa shape index (κ3) is 2.87. The highest BCUT2D eigenvalue weighted by atomic mass is 16.5. The zero-order chi connectivity index (χ0) is 13.0. The van der Waals surface area contributed by atoms with Gasteiger partial charge in [-0.2, -0.15) is 4.98 Å². The molecule has 2 N–H and O–H groups in total. The van der Waals surface area contributed by atoms with Gasteiger partial charge in [-0.1, -0.05) is 5.16 Å². The number of hydrogen-bond donors (Lipinski definition) is 1. The molecule has 1 aromatic carbocycles. The third-order valence-electron chi connectivity index (χ3n) is 2.70. The van der Waals surface area contributed by atoms with Crippen LogP contribution in [0.5, 0.6) is 0 Å². The van der Waals surface area contributed by atoms with E-state index in [9.17, 15) is 0 Å². The van der Waals surface area contributed by atoms with Crippen molar-refractivity contribution in [3.05, 3.63) is 30.1 Å². The van der Waals surface area contributed by atoms with Gasteiger partial charge in [-0.25, -0.2) is 0 Å². The Bertz CT molecular complexity index is 490. The van der Waals surface area contributed by atoms with Gasteiger partial charge in [-0.3, -0.25) is 0 Å². The number of nitrogens with two attached hydrogens (primary N) is 1. The third-order valence-corrected chi connectivity index (χ3v) is 2.70. The molecule has 0 saturated heterocycles. The molecule has 0 aliphatic heterocycles. The molecule has 1 aromatic heterocycles. The standard InChI is InChI=1S/C13H18N4O/c1-17(2)11-7-5-10(6-8-11)13-15-12(16-18-13)4-3-9-14/h5-8H,3-4,9,14H2,1-2H3. The van der Waals surface area contributed by atoms with Crippen LogP contribution < -0.4 is 10.6 Å². The van der Waals surface area contributed by atoms with Gasteiger partial charge >= 0.3 is 0 Å². The van der Waals surface area contributed by atoms with Crippen molar-refractivity contribution in [2.45, 2.75) is 12.8 Å². The van der Waals surface area contributed by atoms with Crippen molar-refractivity contribution in [3.63, 3.8) is 0 Å². The fourth-order valence-electron chi connectivity index (χ4n) is 1.64. The van der Waals surface area contributed by atoms with E-state index in [2.05, 4.69) is 10.1 Å². The molecule has 0 unspecified atom stereocenters. The van der Waals surface area contributed by atoms with Gasteiger partial charge < -0.3 is 15.2 Å². The van der Waals surface area contributed by atoms with Crippen molar-refractivity contribution >= 4 is 5.69 Å². The van der Waals surface area contributed by atoms with Crippen LogP contribution in [0.25, 0.3) is 11.5 Å². The molecule has 5 heteroatoms. The van der Waals surface area contributed by atoms with E-state index in [1.165, 1.54) is 0 Å². The van der Waals surface area contributed by atoms with Crippen molar-refractivity contribution in [3.8, 4) is 11.5 Å². The summed E-state index contributed by atoms with van der Waals surface area (Å²) < 4.78 is 5.23. The minimum absolute atomic E-state index is 0.562. The predicted molar refractivity (Wildman–Crippen MR) is 71.4 cm³/mol. The summed E-state index contributed by atoms with van der Waals surface area (Å²) in [5, 5.41) is 3.94. The maximum atomic E-state index is 5.45. The van der Waals surface area contributed by atoms with E-state index in [0.717, 1.165) is 24.1 Å². The highest BCUT2D eigenvalue weighted by molar-refractivity contribution is 5.58. The molecule has 5 nitrogen and oxygen atoms in total. The van der Waals surface area contributed by atoms with Gasteiger partial charge in [0.1, 0.15) is 0 Å². The Morgan fingerprint density at radius 1 is 1.22 bits per heavy atom. The Hall–Kier alpha value is -1.88. The number of anilines is 1. The molecule has 0 radical (unpaired) electrons. The lowest BCUT2D eigenvalue weighted by atomic mass is 10.2. The second kappa shape index (κ2) is 5.64. The summed E-state index contributed by atoms with van der Waals surface area (Å²) in [6.45, 7) is 0.640. The van der Waals surface area contributed by atoms with Crippen LogP contribution in [-0.2, 0) is 6.42 Å². The first-order valence-electron chi connectivity index (χ1n) is 6.01. The molecule has 0 aliphatic carbocycles. The van der Waals surface area contributed by atoms with Crippen LogP contribution in [0.2, 0.25) is 0 Å². The van der Waals surface area contributed by atoms with Crippen molar-refractivity contribution in [2.24, 2.45) is 5.73 Å². The van der Waals surface area contributed by atoms with Gasteiger partial charge in [0.05, 0.1) is 0 Å². The highest BCUT2D eigenvalue weighted by Crippen LogP contribution is 2.20. The summed E-state index contributed by atoms with van der Waals surface area (Å²) >= 11 is 0. The second-order valence-electron chi connectivity index (χ2n) is 4.35. The summed E-state index contributed by atoms with van der Waals surface area (Å²) in [6.07, 6.45) is 1.63. The Morgan fingerprint density at radius 2 is 1.94 bits per heavy atom. The van der Waals surface area contributed by atoms with Crippen LogP contribution in [0.3, 0.4) is 0 Å². The summed E-state index contributed by atoms with van der Waals surface area (Å²) in [5.74, 6) is 1.28. The molecular weight excluding hydrogens is 228 g/mol. The Balaban J connectivity index is 2.13.